The van der Waals surface area contributed by atoms with E-state index in [4.69, 9.17) is 4.74 Å². The molecule has 1 aromatic carbocycles. The summed E-state index contributed by atoms with van der Waals surface area (Å²) in [5.41, 5.74) is 2.71. The number of aryl methyl sites for hydroxylation is 1. The Morgan fingerprint density at radius 2 is 1.84 bits per heavy atom. The van der Waals surface area contributed by atoms with Crippen LogP contribution in [0.2, 0.25) is 0 Å². The first-order chi connectivity index (χ1) is 14.7. The summed E-state index contributed by atoms with van der Waals surface area (Å²) in [6.07, 6.45) is 5.05. The molecular weight excluding hydrogens is 501 g/mol. The topological polar surface area (TPSA) is 43.3 Å². The van der Waals surface area contributed by atoms with Crippen LogP contribution in [0.15, 0.2) is 29.3 Å². The van der Waals surface area contributed by atoms with Crippen molar-refractivity contribution >= 4 is 35.6 Å². The van der Waals surface area contributed by atoms with Gasteiger partial charge in [-0.2, -0.15) is 0 Å². The van der Waals surface area contributed by atoms with Crippen molar-refractivity contribution in [2.75, 3.05) is 70.9 Å². The summed E-state index contributed by atoms with van der Waals surface area (Å²) in [5, 5.41) is 3.57. The monoisotopic (exact) mass is 543 g/mol. The third-order valence-corrected chi connectivity index (χ3v) is 6.28. The number of rotatable bonds is 8. The SMILES string of the molecule is CCOC1CCN(C(=NC)NCCCCN2CCN(c3cccc(C)c3)CC2)CC1.I. The van der Waals surface area contributed by atoms with E-state index in [1.165, 1.54) is 30.6 Å². The number of likely N-dealkylation sites (tertiary alicyclic amines) is 1. The number of piperidine rings is 1. The number of hydrogen-bond acceptors (Lipinski definition) is 4. The molecule has 2 heterocycles. The zero-order valence-corrected chi connectivity index (χ0v) is 22.0. The molecule has 2 saturated heterocycles. The first-order valence-electron chi connectivity index (χ1n) is 11.8. The molecule has 0 amide bonds. The second-order valence-corrected chi connectivity index (χ2v) is 8.49. The molecule has 0 bridgehead atoms. The number of guanidine groups is 1. The van der Waals surface area contributed by atoms with Crippen molar-refractivity contribution in [3.05, 3.63) is 29.8 Å². The summed E-state index contributed by atoms with van der Waals surface area (Å²) in [5.74, 6) is 1.05. The maximum atomic E-state index is 5.76. The molecule has 1 aromatic rings. The number of unbranched alkanes of at least 4 members (excludes halogenated alkanes) is 1. The van der Waals surface area contributed by atoms with E-state index < -0.39 is 0 Å². The Balaban J connectivity index is 0.00000341. The Bertz CT molecular complexity index is 655. The average molecular weight is 544 g/mol. The Hall–Kier alpha value is -1.06. The molecule has 7 heteroatoms. The minimum absolute atomic E-state index is 0. The van der Waals surface area contributed by atoms with E-state index >= 15 is 0 Å². The fourth-order valence-corrected chi connectivity index (χ4v) is 4.52. The summed E-state index contributed by atoms with van der Waals surface area (Å²) in [7, 11) is 1.89. The zero-order valence-electron chi connectivity index (χ0n) is 19.7. The highest BCUT2D eigenvalue weighted by Gasteiger charge is 2.21. The Morgan fingerprint density at radius 1 is 1.10 bits per heavy atom. The minimum atomic E-state index is 0. The molecule has 0 aliphatic carbocycles. The lowest BCUT2D eigenvalue weighted by Crippen LogP contribution is -2.47. The highest BCUT2D eigenvalue weighted by atomic mass is 127. The summed E-state index contributed by atoms with van der Waals surface area (Å²) in [6.45, 7) is 13.9. The predicted molar refractivity (Wildman–Crippen MR) is 142 cm³/mol. The predicted octanol–water partition coefficient (Wildman–Crippen LogP) is 3.59. The Morgan fingerprint density at radius 3 is 2.48 bits per heavy atom. The molecule has 3 rings (SSSR count). The molecule has 31 heavy (non-hydrogen) atoms. The molecule has 0 spiro atoms. The number of benzene rings is 1. The molecular formula is C24H42IN5O. The van der Waals surface area contributed by atoms with Crippen molar-refractivity contribution in [1.82, 2.24) is 15.1 Å². The zero-order chi connectivity index (χ0) is 21.2. The highest BCUT2D eigenvalue weighted by Crippen LogP contribution is 2.18. The molecule has 2 fully saturated rings. The smallest absolute Gasteiger partial charge is 0.193 e. The molecule has 0 saturated carbocycles. The standard InChI is InChI=1S/C24H41N5O.HI/c1-4-30-23-10-14-29(15-11-23)24(25-3)26-12-5-6-13-27-16-18-28(19-17-27)22-9-7-8-21(2)20-22;/h7-9,20,23H,4-6,10-19H2,1-3H3,(H,25,26);1H. The van der Waals surface area contributed by atoms with Crippen molar-refractivity contribution in [3.8, 4) is 0 Å². The third kappa shape index (κ3) is 8.42. The lowest BCUT2D eigenvalue weighted by atomic mass is 10.1. The molecule has 2 aliphatic rings. The largest absolute Gasteiger partial charge is 0.378 e. The molecule has 2 aliphatic heterocycles. The van der Waals surface area contributed by atoms with Crippen LogP contribution < -0.4 is 10.2 Å². The Kier molecular flexibility index (Phi) is 12.0. The highest BCUT2D eigenvalue weighted by molar-refractivity contribution is 14.0. The number of hydrogen-bond donors (Lipinski definition) is 1. The lowest BCUT2D eigenvalue weighted by molar-refractivity contribution is 0.0264. The van der Waals surface area contributed by atoms with E-state index in [1.54, 1.807) is 0 Å². The van der Waals surface area contributed by atoms with Gasteiger partial charge in [0.05, 0.1) is 6.10 Å². The summed E-state index contributed by atoms with van der Waals surface area (Å²) in [4.78, 5) is 12.0. The first-order valence-corrected chi connectivity index (χ1v) is 11.8. The van der Waals surface area contributed by atoms with Crippen LogP contribution in [0.1, 0.15) is 38.2 Å². The van der Waals surface area contributed by atoms with Crippen LogP contribution in [0.4, 0.5) is 5.69 Å². The number of ether oxygens (including phenoxy) is 1. The molecule has 0 radical (unpaired) electrons. The average Bonchev–Trinajstić information content (AvgIpc) is 2.78. The van der Waals surface area contributed by atoms with Crippen molar-refractivity contribution in [2.45, 2.75) is 45.6 Å². The second-order valence-electron chi connectivity index (χ2n) is 8.49. The molecule has 6 nitrogen and oxygen atoms in total. The van der Waals surface area contributed by atoms with Crippen LogP contribution in [0.5, 0.6) is 0 Å². The minimum Gasteiger partial charge on any atom is -0.378 e. The van der Waals surface area contributed by atoms with Gasteiger partial charge in [-0.15, -0.1) is 24.0 Å². The number of halogens is 1. The van der Waals surface area contributed by atoms with Crippen LogP contribution in [0, 0.1) is 6.92 Å². The van der Waals surface area contributed by atoms with Gasteiger partial charge in [0, 0.05) is 65.2 Å². The number of nitrogens with zero attached hydrogens (tertiary/aromatic N) is 4. The number of piperazine rings is 1. The molecule has 0 aromatic heterocycles. The van der Waals surface area contributed by atoms with Gasteiger partial charge in [0.25, 0.3) is 0 Å². The van der Waals surface area contributed by atoms with Gasteiger partial charge in [-0.25, -0.2) is 0 Å². The van der Waals surface area contributed by atoms with Gasteiger partial charge >= 0.3 is 0 Å². The van der Waals surface area contributed by atoms with Gasteiger partial charge in [-0.1, -0.05) is 12.1 Å². The normalized spacial score (nSPS) is 18.7. The first kappa shape index (κ1) is 26.2. The third-order valence-electron chi connectivity index (χ3n) is 6.28. The fourth-order valence-electron chi connectivity index (χ4n) is 4.52. The lowest BCUT2D eigenvalue weighted by Gasteiger charge is -2.36. The van der Waals surface area contributed by atoms with Crippen molar-refractivity contribution in [1.29, 1.82) is 0 Å². The van der Waals surface area contributed by atoms with Gasteiger partial charge in [-0.3, -0.25) is 9.89 Å². The number of nitrogens with one attached hydrogen (secondary N) is 1. The van der Waals surface area contributed by atoms with E-state index in [1.807, 2.05) is 7.05 Å². The van der Waals surface area contributed by atoms with Gasteiger partial charge < -0.3 is 19.9 Å². The Labute approximate surface area is 206 Å². The van der Waals surface area contributed by atoms with Crippen LogP contribution in [-0.2, 0) is 4.74 Å². The van der Waals surface area contributed by atoms with Crippen molar-refractivity contribution in [3.63, 3.8) is 0 Å². The molecule has 1 N–H and O–H groups in total. The number of aliphatic imine (C=N–C) groups is 1. The fraction of sp³-hybridized carbons (Fsp3) is 0.708. The van der Waals surface area contributed by atoms with Gasteiger partial charge in [0.1, 0.15) is 0 Å². The summed E-state index contributed by atoms with van der Waals surface area (Å²) in [6, 6.07) is 8.87. The van der Waals surface area contributed by atoms with E-state index in [0.29, 0.717) is 6.10 Å². The van der Waals surface area contributed by atoms with Crippen LogP contribution >= 0.6 is 24.0 Å². The van der Waals surface area contributed by atoms with E-state index in [9.17, 15) is 0 Å². The summed E-state index contributed by atoms with van der Waals surface area (Å²) >= 11 is 0. The van der Waals surface area contributed by atoms with Gasteiger partial charge in [0.15, 0.2) is 5.96 Å². The van der Waals surface area contributed by atoms with Crippen LogP contribution in [0.25, 0.3) is 0 Å². The maximum Gasteiger partial charge on any atom is 0.193 e. The van der Waals surface area contributed by atoms with Crippen molar-refractivity contribution in [2.24, 2.45) is 4.99 Å². The molecule has 0 unspecified atom stereocenters. The van der Waals surface area contributed by atoms with Crippen LogP contribution in [-0.4, -0.2) is 87.9 Å². The molecule has 0 atom stereocenters. The quantitative estimate of drug-likeness (QED) is 0.235. The van der Waals surface area contributed by atoms with Gasteiger partial charge in [-0.05, 0) is 63.8 Å². The van der Waals surface area contributed by atoms with E-state index in [2.05, 4.69) is 63.1 Å². The number of anilines is 1. The summed E-state index contributed by atoms with van der Waals surface area (Å²) < 4.78 is 5.76. The van der Waals surface area contributed by atoms with Gasteiger partial charge in [0.2, 0.25) is 0 Å². The maximum absolute atomic E-state index is 5.76. The second kappa shape index (κ2) is 14.2. The molecule has 176 valence electrons. The van der Waals surface area contributed by atoms with Crippen LogP contribution in [0.3, 0.4) is 0 Å². The van der Waals surface area contributed by atoms with Crippen molar-refractivity contribution < 1.29 is 4.74 Å². The van der Waals surface area contributed by atoms with E-state index in [0.717, 1.165) is 71.2 Å². The van der Waals surface area contributed by atoms with E-state index in [-0.39, 0.29) is 24.0 Å².